The van der Waals surface area contributed by atoms with E-state index in [1.54, 1.807) is 17.8 Å². The molecule has 0 bridgehead atoms. The van der Waals surface area contributed by atoms with Gasteiger partial charge in [-0.25, -0.2) is 8.42 Å². The molecule has 7 heteroatoms. The third kappa shape index (κ3) is 5.51. The molecule has 5 nitrogen and oxygen atoms in total. The van der Waals surface area contributed by atoms with E-state index in [-0.39, 0.29) is 24.0 Å². The summed E-state index contributed by atoms with van der Waals surface area (Å²) in [5.41, 5.74) is 2.04. The number of anilines is 1. The molecule has 0 saturated carbocycles. The molecule has 0 aliphatic heterocycles. The Morgan fingerprint density at radius 3 is 2.50 bits per heavy atom. The molecule has 0 amide bonds. The monoisotopic (exact) mass is 447 g/mol. The SMILES string of the molecule is C#CCOc1ccc(S(=O)(=O)N(CC(C)C)c2ccc(SC)cc2CC)cc1CO. The molecule has 0 spiro atoms. The molecule has 0 heterocycles. The Balaban J connectivity index is 2.58. The van der Waals surface area contributed by atoms with E-state index in [2.05, 4.69) is 5.92 Å². The summed E-state index contributed by atoms with van der Waals surface area (Å²) >= 11 is 1.63. The zero-order valence-corrected chi connectivity index (χ0v) is 19.5. The molecule has 0 aliphatic rings. The maximum atomic E-state index is 13.7. The van der Waals surface area contributed by atoms with Gasteiger partial charge in [-0.3, -0.25) is 4.31 Å². The highest BCUT2D eigenvalue weighted by Crippen LogP contribution is 2.33. The minimum absolute atomic E-state index is 0.0419. The Labute approximate surface area is 184 Å². The molecule has 0 aliphatic carbocycles. The fourth-order valence-electron chi connectivity index (χ4n) is 3.10. The van der Waals surface area contributed by atoms with Crippen molar-refractivity contribution in [3.63, 3.8) is 0 Å². The van der Waals surface area contributed by atoms with Crippen molar-refractivity contribution in [1.29, 1.82) is 0 Å². The first-order valence-corrected chi connectivity index (χ1v) is 12.4. The standard InChI is InChI=1S/C23H29NO4S2/c1-6-12-28-23-11-9-21(14-19(23)16-25)30(26,27)24(15-17(3)4)22-10-8-20(29-5)13-18(22)7-2/h1,8-11,13-14,17,25H,7,12,15-16H2,2-5H3. The van der Waals surface area contributed by atoms with Gasteiger partial charge in [-0.1, -0.05) is 26.7 Å². The number of sulfonamides is 1. The lowest BCUT2D eigenvalue weighted by Crippen LogP contribution is -2.35. The molecule has 2 aromatic rings. The maximum Gasteiger partial charge on any atom is 0.264 e. The third-order valence-electron chi connectivity index (χ3n) is 4.57. The first-order valence-electron chi connectivity index (χ1n) is 9.78. The number of rotatable bonds is 10. The van der Waals surface area contributed by atoms with Gasteiger partial charge in [0, 0.05) is 17.0 Å². The summed E-state index contributed by atoms with van der Waals surface area (Å²) in [6.07, 6.45) is 7.94. The normalized spacial score (nSPS) is 11.4. The third-order valence-corrected chi connectivity index (χ3v) is 7.07. The average molecular weight is 448 g/mol. The van der Waals surface area contributed by atoms with E-state index < -0.39 is 10.0 Å². The van der Waals surface area contributed by atoms with Gasteiger partial charge < -0.3 is 9.84 Å². The van der Waals surface area contributed by atoms with Crippen molar-refractivity contribution in [3.8, 4) is 18.1 Å². The van der Waals surface area contributed by atoms with Crippen LogP contribution in [0.15, 0.2) is 46.2 Å². The molecule has 30 heavy (non-hydrogen) atoms. The molecule has 0 aromatic heterocycles. The lowest BCUT2D eigenvalue weighted by Gasteiger charge is -2.28. The van der Waals surface area contributed by atoms with Gasteiger partial charge in [-0.2, -0.15) is 0 Å². The smallest absolute Gasteiger partial charge is 0.264 e. The van der Waals surface area contributed by atoms with Crippen molar-refractivity contribution in [1.82, 2.24) is 0 Å². The second-order valence-corrected chi connectivity index (χ2v) is 9.94. The number of hydrogen-bond acceptors (Lipinski definition) is 5. The van der Waals surface area contributed by atoms with Crippen LogP contribution in [0.2, 0.25) is 0 Å². The molecule has 0 saturated heterocycles. The predicted octanol–water partition coefficient (Wildman–Crippen LogP) is 4.33. The fourth-order valence-corrected chi connectivity index (χ4v) is 5.28. The summed E-state index contributed by atoms with van der Waals surface area (Å²) in [5.74, 6) is 2.87. The number of benzene rings is 2. The molecule has 0 radical (unpaired) electrons. The van der Waals surface area contributed by atoms with E-state index in [9.17, 15) is 13.5 Å². The van der Waals surface area contributed by atoms with Crippen molar-refractivity contribution in [2.24, 2.45) is 5.92 Å². The number of hydrogen-bond donors (Lipinski definition) is 1. The van der Waals surface area contributed by atoms with E-state index >= 15 is 0 Å². The number of aryl methyl sites for hydroxylation is 1. The van der Waals surface area contributed by atoms with Crippen molar-refractivity contribution in [2.45, 2.75) is 43.6 Å². The lowest BCUT2D eigenvalue weighted by atomic mass is 10.1. The van der Waals surface area contributed by atoms with E-state index in [1.807, 2.05) is 45.2 Å². The van der Waals surface area contributed by atoms with Crippen LogP contribution in [0.5, 0.6) is 5.75 Å². The number of nitrogens with zero attached hydrogens (tertiary/aromatic N) is 1. The van der Waals surface area contributed by atoms with Crippen LogP contribution in [0.4, 0.5) is 5.69 Å². The van der Waals surface area contributed by atoms with Gasteiger partial charge in [0.15, 0.2) is 0 Å². The van der Waals surface area contributed by atoms with Gasteiger partial charge in [0.05, 0.1) is 17.2 Å². The molecular weight excluding hydrogens is 418 g/mol. The van der Waals surface area contributed by atoms with Gasteiger partial charge in [0.25, 0.3) is 10.0 Å². The quantitative estimate of drug-likeness (QED) is 0.434. The summed E-state index contributed by atoms with van der Waals surface area (Å²) in [4.78, 5) is 1.20. The number of terminal acetylenes is 1. The number of ether oxygens (including phenoxy) is 1. The first kappa shape index (κ1) is 24.1. The highest BCUT2D eigenvalue weighted by Gasteiger charge is 2.28. The molecule has 2 aromatic carbocycles. The van der Waals surface area contributed by atoms with Gasteiger partial charge in [0.2, 0.25) is 0 Å². The van der Waals surface area contributed by atoms with Gasteiger partial charge in [-0.05, 0) is 60.6 Å². The van der Waals surface area contributed by atoms with Crippen LogP contribution >= 0.6 is 11.8 Å². The summed E-state index contributed by atoms with van der Waals surface area (Å²) < 4.78 is 34.2. The highest BCUT2D eigenvalue weighted by molar-refractivity contribution is 7.98. The largest absolute Gasteiger partial charge is 0.481 e. The van der Waals surface area contributed by atoms with E-state index in [4.69, 9.17) is 11.2 Å². The van der Waals surface area contributed by atoms with E-state index in [0.717, 1.165) is 10.5 Å². The second-order valence-electron chi connectivity index (χ2n) is 7.20. The van der Waals surface area contributed by atoms with Crippen LogP contribution in [0.1, 0.15) is 31.9 Å². The zero-order valence-electron chi connectivity index (χ0n) is 17.9. The number of aliphatic hydroxyl groups excluding tert-OH is 1. The molecule has 0 atom stereocenters. The Hall–Kier alpha value is -2.14. The first-order chi connectivity index (χ1) is 14.3. The average Bonchev–Trinajstić information content (AvgIpc) is 2.75. The number of thioether (sulfide) groups is 1. The van der Waals surface area contributed by atoms with E-state index in [1.165, 1.54) is 16.4 Å². The minimum atomic E-state index is -3.85. The van der Waals surface area contributed by atoms with Crippen molar-refractivity contribution in [2.75, 3.05) is 23.7 Å². The van der Waals surface area contributed by atoms with Crippen LogP contribution in [-0.4, -0.2) is 32.9 Å². The van der Waals surface area contributed by atoms with E-state index in [0.29, 0.717) is 30.0 Å². The molecule has 0 unspecified atom stereocenters. The maximum absolute atomic E-state index is 13.7. The van der Waals surface area contributed by atoms with Crippen molar-refractivity contribution < 1.29 is 18.3 Å². The fraction of sp³-hybridized carbons (Fsp3) is 0.391. The molecule has 1 N–H and O–H groups in total. The molecule has 2 rings (SSSR count). The Morgan fingerprint density at radius 1 is 1.20 bits per heavy atom. The summed E-state index contributed by atoms with van der Waals surface area (Å²) in [6, 6.07) is 10.4. The molecule has 0 fully saturated rings. The topological polar surface area (TPSA) is 66.8 Å². The minimum Gasteiger partial charge on any atom is -0.481 e. The summed E-state index contributed by atoms with van der Waals surface area (Å²) in [7, 11) is -3.85. The summed E-state index contributed by atoms with van der Waals surface area (Å²) in [5, 5.41) is 9.71. The van der Waals surface area contributed by atoms with Crippen molar-refractivity contribution in [3.05, 3.63) is 47.5 Å². The van der Waals surface area contributed by atoms with Gasteiger partial charge >= 0.3 is 0 Å². The van der Waals surface area contributed by atoms with Gasteiger partial charge in [-0.15, -0.1) is 18.2 Å². The number of aliphatic hydroxyl groups is 1. The Morgan fingerprint density at radius 2 is 1.93 bits per heavy atom. The van der Waals surface area contributed by atoms with Crippen LogP contribution in [0.25, 0.3) is 0 Å². The van der Waals surface area contributed by atoms with Crippen molar-refractivity contribution >= 4 is 27.5 Å². The highest BCUT2D eigenvalue weighted by atomic mass is 32.2. The Kier molecular flexibility index (Phi) is 8.65. The lowest BCUT2D eigenvalue weighted by molar-refractivity contribution is 0.270. The Bertz CT molecular complexity index is 1010. The summed E-state index contributed by atoms with van der Waals surface area (Å²) in [6.45, 7) is 6.03. The van der Waals surface area contributed by atoms with Crippen LogP contribution in [0, 0.1) is 18.3 Å². The predicted molar refractivity (Wildman–Crippen MR) is 124 cm³/mol. The van der Waals surface area contributed by atoms with Crippen LogP contribution in [0.3, 0.4) is 0 Å². The van der Waals surface area contributed by atoms with Crippen LogP contribution < -0.4 is 9.04 Å². The van der Waals surface area contributed by atoms with Crippen LogP contribution in [-0.2, 0) is 23.1 Å². The molecular formula is C23H29NO4S2. The zero-order chi connectivity index (χ0) is 22.3. The second kappa shape index (κ2) is 10.8. The van der Waals surface area contributed by atoms with Gasteiger partial charge in [0.1, 0.15) is 12.4 Å². The molecule has 162 valence electrons.